The Balaban J connectivity index is 2.33. The smallest absolute Gasteiger partial charge is 0.317 e. The topological polar surface area (TPSA) is 113 Å². The predicted octanol–water partition coefficient (Wildman–Crippen LogP) is -0.242. The molecule has 1 saturated heterocycles. The van der Waals surface area contributed by atoms with Gasteiger partial charge in [0.2, 0.25) is 5.91 Å². The maximum atomic E-state index is 11.7. The summed E-state index contributed by atoms with van der Waals surface area (Å²) in [6.07, 6.45) is 1.84. The number of likely N-dealkylation sites (tertiary alicyclic amines) is 1. The molecule has 0 saturated carbocycles. The minimum Gasteiger partial charge on any atom is -0.481 e. The molecule has 0 aliphatic carbocycles. The monoisotopic (exact) mass is 257 g/mol. The van der Waals surface area contributed by atoms with Gasteiger partial charge in [-0.2, -0.15) is 0 Å². The molecule has 3 amide bonds. The van der Waals surface area contributed by atoms with Crippen LogP contribution < -0.4 is 11.1 Å². The Morgan fingerprint density at radius 1 is 1.39 bits per heavy atom. The van der Waals surface area contributed by atoms with E-state index in [2.05, 4.69) is 5.32 Å². The van der Waals surface area contributed by atoms with Crippen LogP contribution in [0.15, 0.2) is 0 Å². The van der Waals surface area contributed by atoms with E-state index in [1.165, 1.54) is 0 Å². The van der Waals surface area contributed by atoms with Crippen molar-refractivity contribution in [1.29, 1.82) is 0 Å². The number of nitrogens with one attached hydrogen (secondary N) is 1. The molecule has 0 bridgehead atoms. The van der Waals surface area contributed by atoms with E-state index in [9.17, 15) is 14.4 Å². The zero-order valence-electron chi connectivity index (χ0n) is 10.2. The van der Waals surface area contributed by atoms with Crippen LogP contribution in [0.4, 0.5) is 4.79 Å². The highest BCUT2D eigenvalue weighted by Crippen LogP contribution is 2.19. The molecule has 1 heterocycles. The number of hydrogen-bond acceptors (Lipinski definition) is 3. The number of primary amides is 1. The predicted molar refractivity (Wildman–Crippen MR) is 63.8 cm³/mol. The standard InChI is InChI=1S/C11H19N3O4/c12-9(15)3-4-13-11(18)14-5-1-2-8(7-14)6-10(16)17/h8H,1-7H2,(H2,12,15)(H,13,18)(H,16,17). The van der Waals surface area contributed by atoms with Gasteiger partial charge < -0.3 is 21.1 Å². The number of rotatable bonds is 5. The number of piperidine rings is 1. The Bertz CT molecular complexity index is 332. The summed E-state index contributed by atoms with van der Waals surface area (Å²) < 4.78 is 0. The molecule has 1 rings (SSSR count). The van der Waals surface area contributed by atoms with Crippen molar-refractivity contribution in [1.82, 2.24) is 10.2 Å². The highest BCUT2D eigenvalue weighted by molar-refractivity contribution is 5.77. The zero-order valence-corrected chi connectivity index (χ0v) is 10.2. The lowest BCUT2D eigenvalue weighted by Crippen LogP contribution is -2.46. The molecule has 1 fully saturated rings. The first-order chi connectivity index (χ1) is 8.49. The highest BCUT2D eigenvalue weighted by atomic mass is 16.4. The summed E-state index contributed by atoms with van der Waals surface area (Å²) in [5, 5.41) is 11.3. The van der Waals surface area contributed by atoms with Gasteiger partial charge in [0.1, 0.15) is 0 Å². The fourth-order valence-corrected chi connectivity index (χ4v) is 2.07. The molecule has 0 spiro atoms. The van der Waals surface area contributed by atoms with Crippen LogP contribution in [0.2, 0.25) is 0 Å². The second-order valence-electron chi connectivity index (χ2n) is 4.50. The van der Waals surface area contributed by atoms with Gasteiger partial charge in [0.05, 0.1) is 0 Å². The Kier molecular flexibility index (Phi) is 5.41. The Morgan fingerprint density at radius 3 is 2.72 bits per heavy atom. The van der Waals surface area contributed by atoms with Gasteiger partial charge in [-0.25, -0.2) is 4.79 Å². The fourth-order valence-electron chi connectivity index (χ4n) is 2.07. The van der Waals surface area contributed by atoms with Gasteiger partial charge >= 0.3 is 12.0 Å². The molecule has 0 radical (unpaired) electrons. The van der Waals surface area contributed by atoms with Crippen molar-refractivity contribution in [2.75, 3.05) is 19.6 Å². The van der Waals surface area contributed by atoms with E-state index in [1.807, 2.05) is 0 Å². The number of urea groups is 1. The van der Waals surface area contributed by atoms with E-state index in [0.29, 0.717) is 13.1 Å². The van der Waals surface area contributed by atoms with Gasteiger partial charge in [-0.3, -0.25) is 9.59 Å². The second-order valence-corrected chi connectivity index (χ2v) is 4.50. The number of nitrogens with two attached hydrogens (primary N) is 1. The molecule has 7 nitrogen and oxygen atoms in total. The van der Waals surface area contributed by atoms with Crippen molar-refractivity contribution < 1.29 is 19.5 Å². The van der Waals surface area contributed by atoms with E-state index in [4.69, 9.17) is 10.8 Å². The van der Waals surface area contributed by atoms with E-state index >= 15 is 0 Å². The molecule has 1 unspecified atom stereocenters. The van der Waals surface area contributed by atoms with Crippen molar-refractivity contribution in [3.05, 3.63) is 0 Å². The number of carbonyl (C=O) groups is 3. The zero-order chi connectivity index (χ0) is 13.5. The van der Waals surface area contributed by atoms with Crippen LogP contribution in [0.1, 0.15) is 25.7 Å². The lowest BCUT2D eigenvalue weighted by atomic mass is 9.95. The second kappa shape index (κ2) is 6.83. The SMILES string of the molecule is NC(=O)CCNC(=O)N1CCCC(CC(=O)O)C1. The number of carboxylic acid groups (broad SMARTS) is 1. The van der Waals surface area contributed by atoms with Crippen LogP contribution in [0.3, 0.4) is 0 Å². The van der Waals surface area contributed by atoms with Crippen molar-refractivity contribution in [3.63, 3.8) is 0 Å². The quantitative estimate of drug-likeness (QED) is 0.630. The molecule has 7 heteroatoms. The minimum absolute atomic E-state index is 0.0122. The summed E-state index contributed by atoms with van der Waals surface area (Å²) in [4.78, 5) is 34.5. The Morgan fingerprint density at radius 2 is 2.11 bits per heavy atom. The van der Waals surface area contributed by atoms with Crippen LogP contribution >= 0.6 is 0 Å². The van der Waals surface area contributed by atoms with Crippen molar-refractivity contribution in [2.45, 2.75) is 25.7 Å². The first-order valence-electron chi connectivity index (χ1n) is 6.02. The average Bonchev–Trinajstić information content (AvgIpc) is 2.27. The van der Waals surface area contributed by atoms with Gasteiger partial charge in [-0.1, -0.05) is 0 Å². The molecule has 0 aromatic rings. The summed E-state index contributed by atoms with van der Waals surface area (Å²) in [5.74, 6) is -1.29. The Labute approximate surface area is 105 Å². The van der Waals surface area contributed by atoms with Crippen LogP contribution in [0.25, 0.3) is 0 Å². The molecule has 18 heavy (non-hydrogen) atoms. The van der Waals surface area contributed by atoms with Crippen molar-refractivity contribution in [2.24, 2.45) is 11.7 Å². The molecular weight excluding hydrogens is 238 g/mol. The largest absolute Gasteiger partial charge is 0.481 e. The van der Waals surface area contributed by atoms with E-state index in [0.717, 1.165) is 12.8 Å². The molecule has 0 aromatic heterocycles. The molecule has 4 N–H and O–H groups in total. The molecule has 0 aromatic carbocycles. The minimum atomic E-state index is -0.837. The summed E-state index contributed by atoms with van der Waals surface area (Å²) in [6.45, 7) is 1.29. The maximum absolute atomic E-state index is 11.7. The number of carbonyl (C=O) groups excluding carboxylic acids is 2. The van der Waals surface area contributed by atoms with E-state index in [1.54, 1.807) is 4.90 Å². The fraction of sp³-hybridized carbons (Fsp3) is 0.727. The first-order valence-corrected chi connectivity index (χ1v) is 6.02. The third-order valence-electron chi connectivity index (χ3n) is 2.92. The van der Waals surface area contributed by atoms with E-state index in [-0.39, 0.29) is 31.3 Å². The normalized spacial score (nSPS) is 19.3. The molecule has 1 aliphatic rings. The average molecular weight is 257 g/mol. The Hall–Kier alpha value is -1.79. The van der Waals surface area contributed by atoms with Crippen LogP contribution in [0.5, 0.6) is 0 Å². The van der Waals surface area contributed by atoms with Crippen LogP contribution in [-0.4, -0.2) is 47.5 Å². The summed E-state index contributed by atoms with van der Waals surface area (Å²) in [7, 11) is 0. The molecule has 102 valence electrons. The van der Waals surface area contributed by atoms with Gasteiger partial charge in [0, 0.05) is 32.5 Å². The van der Waals surface area contributed by atoms with Gasteiger partial charge in [0.25, 0.3) is 0 Å². The van der Waals surface area contributed by atoms with Gasteiger partial charge in [-0.15, -0.1) is 0 Å². The lowest BCUT2D eigenvalue weighted by Gasteiger charge is -2.32. The number of nitrogens with zero attached hydrogens (tertiary/aromatic N) is 1. The summed E-state index contributed by atoms with van der Waals surface area (Å²) >= 11 is 0. The van der Waals surface area contributed by atoms with Crippen molar-refractivity contribution in [3.8, 4) is 0 Å². The third-order valence-corrected chi connectivity index (χ3v) is 2.92. The van der Waals surface area contributed by atoms with E-state index < -0.39 is 11.9 Å². The maximum Gasteiger partial charge on any atom is 0.317 e. The molecule has 1 atom stereocenters. The number of carboxylic acids is 1. The highest BCUT2D eigenvalue weighted by Gasteiger charge is 2.24. The summed E-state index contributed by atoms with van der Waals surface area (Å²) in [6, 6.07) is -0.258. The van der Waals surface area contributed by atoms with Gasteiger partial charge in [-0.05, 0) is 18.8 Å². The first kappa shape index (κ1) is 14.3. The van der Waals surface area contributed by atoms with Gasteiger partial charge in [0.15, 0.2) is 0 Å². The van der Waals surface area contributed by atoms with Crippen LogP contribution in [-0.2, 0) is 9.59 Å². The number of hydrogen-bond donors (Lipinski definition) is 3. The number of aliphatic carboxylic acids is 1. The lowest BCUT2D eigenvalue weighted by molar-refractivity contribution is -0.138. The number of amides is 3. The third kappa shape index (κ3) is 5.03. The molecule has 1 aliphatic heterocycles. The van der Waals surface area contributed by atoms with Crippen molar-refractivity contribution >= 4 is 17.9 Å². The van der Waals surface area contributed by atoms with Crippen LogP contribution in [0, 0.1) is 5.92 Å². The summed E-state index contributed by atoms with van der Waals surface area (Å²) in [5.41, 5.74) is 4.96. The molecular formula is C11H19N3O4.